The monoisotopic (exact) mass is 290 g/mol. The van der Waals surface area contributed by atoms with Crippen LogP contribution in [0.4, 0.5) is 4.39 Å². The van der Waals surface area contributed by atoms with Gasteiger partial charge in [-0.3, -0.25) is 9.59 Å². The molecule has 0 N–H and O–H groups in total. The Labute approximate surface area is 126 Å². The topological polar surface area (TPSA) is 34.1 Å². The van der Waals surface area contributed by atoms with Gasteiger partial charge in [-0.2, -0.15) is 0 Å². The third kappa shape index (κ3) is 1.53. The predicted molar refractivity (Wildman–Crippen MR) is 81.8 cm³/mol. The van der Waals surface area contributed by atoms with Gasteiger partial charge in [0.1, 0.15) is 0 Å². The molecule has 0 atom stereocenters. The highest BCUT2D eigenvalue weighted by molar-refractivity contribution is 6.32. The largest absolute Gasteiger partial charge is 0.290 e. The van der Waals surface area contributed by atoms with Crippen molar-refractivity contribution in [3.8, 4) is 0 Å². The minimum atomic E-state index is -2.62. The van der Waals surface area contributed by atoms with Crippen molar-refractivity contribution < 1.29 is 14.0 Å². The van der Waals surface area contributed by atoms with Crippen LogP contribution in [0.3, 0.4) is 0 Å². The Bertz CT molecular complexity index is 908. The maximum atomic E-state index is 15.5. The van der Waals surface area contributed by atoms with E-state index in [2.05, 4.69) is 0 Å². The van der Waals surface area contributed by atoms with E-state index in [0.29, 0.717) is 0 Å². The van der Waals surface area contributed by atoms with Gasteiger partial charge in [0, 0.05) is 16.7 Å². The summed E-state index contributed by atoms with van der Waals surface area (Å²) in [6.07, 6.45) is 0. The van der Waals surface area contributed by atoms with Crippen molar-refractivity contribution in [3.63, 3.8) is 0 Å². The van der Waals surface area contributed by atoms with Gasteiger partial charge in [0.05, 0.1) is 0 Å². The molecule has 4 rings (SSSR count). The second-order valence-corrected chi connectivity index (χ2v) is 5.42. The van der Waals surface area contributed by atoms with Crippen LogP contribution in [0.5, 0.6) is 0 Å². The summed E-state index contributed by atoms with van der Waals surface area (Å²) in [5, 5.41) is 1.74. The number of alkyl halides is 1. The Morgan fingerprint density at radius 1 is 0.682 bits per heavy atom. The zero-order valence-electron chi connectivity index (χ0n) is 11.5. The van der Waals surface area contributed by atoms with Crippen LogP contribution in [0, 0.1) is 0 Å². The Hall–Kier alpha value is -2.81. The van der Waals surface area contributed by atoms with Gasteiger partial charge in [-0.1, -0.05) is 60.7 Å². The lowest BCUT2D eigenvalue weighted by molar-refractivity contribution is 0.0598. The van der Waals surface area contributed by atoms with Crippen molar-refractivity contribution in [2.75, 3.05) is 0 Å². The van der Waals surface area contributed by atoms with E-state index in [4.69, 9.17) is 0 Å². The molecule has 3 aromatic carbocycles. The molecule has 0 amide bonds. The molecule has 0 unspecified atom stereocenters. The highest BCUT2D eigenvalue weighted by Gasteiger charge is 2.55. The summed E-state index contributed by atoms with van der Waals surface area (Å²) in [4.78, 5) is 24.9. The van der Waals surface area contributed by atoms with Crippen molar-refractivity contribution >= 4 is 22.3 Å². The van der Waals surface area contributed by atoms with Crippen molar-refractivity contribution in [2.24, 2.45) is 0 Å². The van der Waals surface area contributed by atoms with Gasteiger partial charge in [0.25, 0.3) is 5.67 Å². The summed E-state index contributed by atoms with van der Waals surface area (Å²) in [6, 6.07) is 18.5. The number of rotatable bonds is 1. The third-order valence-corrected chi connectivity index (χ3v) is 4.19. The molecule has 22 heavy (non-hydrogen) atoms. The smallest absolute Gasteiger partial charge is 0.260 e. The zero-order chi connectivity index (χ0) is 15.3. The molecule has 0 bridgehead atoms. The lowest BCUT2D eigenvalue weighted by atomic mass is 9.89. The van der Waals surface area contributed by atoms with E-state index in [9.17, 15) is 9.59 Å². The molecule has 0 radical (unpaired) electrons. The van der Waals surface area contributed by atoms with Crippen molar-refractivity contribution in [1.82, 2.24) is 0 Å². The molecule has 0 saturated heterocycles. The number of hydrogen-bond donors (Lipinski definition) is 0. The fourth-order valence-corrected chi connectivity index (χ4v) is 3.02. The molecule has 0 fully saturated rings. The van der Waals surface area contributed by atoms with Crippen LogP contribution in [0.25, 0.3) is 10.8 Å². The molecular weight excluding hydrogens is 279 g/mol. The fraction of sp³-hybridized carbons (Fsp3) is 0.0526. The molecule has 1 aliphatic rings. The normalized spacial score (nSPS) is 16.0. The Morgan fingerprint density at radius 2 is 1.23 bits per heavy atom. The number of halogens is 1. The van der Waals surface area contributed by atoms with Gasteiger partial charge in [-0.15, -0.1) is 0 Å². The van der Waals surface area contributed by atoms with Gasteiger partial charge in [-0.05, 0) is 16.8 Å². The molecule has 1 aliphatic carbocycles. The number of fused-ring (bicyclic) bond motifs is 2. The average molecular weight is 290 g/mol. The van der Waals surface area contributed by atoms with Crippen LogP contribution >= 0.6 is 0 Å². The van der Waals surface area contributed by atoms with Gasteiger partial charge < -0.3 is 0 Å². The Kier molecular flexibility index (Phi) is 2.54. The van der Waals surface area contributed by atoms with Crippen LogP contribution in [0.1, 0.15) is 26.3 Å². The van der Waals surface area contributed by atoms with Crippen molar-refractivity contribution in [2.45, 2.75) is 5.67 Å². The average Bonchev–Trinajstić information content (AvgIpc) is 2.77. The number of ketones is 2. The third-order valence-electron chi connectivity index (χ3n) is 4.19. The van der Waals surface area contributed by atoms with Gasteiger partial charge in [0.2, 0.25) is 11.6 Å². The molecule has 106 valence electrons. The van der Waals surface area contributed by atoms with E-state index < -0.39 is 17.2 Å². The van der Waals surface area contributed by atoms with E-state index in [0.717, 1.165) is 10.8 Å². The Morgan fingerprint density at radius 3 is 1.86 bits per heavy atom. The fourth-order valence-electron chi connectivity index (χ4n) is 3.02. The predicted octanol–water partition coefficient (Wildman–Crippen LogP) is 4.08. The van der Waals surface area contributed by atoms with Crippen LogP contribution in [0.15, 0.2) is 66.7 Å². The summed E-state index contributed by atoms with van der Waals surface area (Å²) < 4.78 is 15.5. The lowest BCUT2D eigenvalue weighted by Gasteiger charge is -2.17. The number of Topliss-reactive ketones (excluding diaryl/α,β-unsaturated/α-hetero) is 2. The van der Waals surface area contributed by atoms with Gasteiger partial charge in [0.15, 0.2) is 0 Å². The van der Waals surface area contributed by atoms with Crippen LogP contribution in [-0.2, 0) is 5.67 Å². The SMILES string of the molecule is O=C1c2ccccc2C(=O)C1(F)c1ccc2ccccc2c1. The van der Waals surface area contributed by atoms with Gasteiger partial charge >= 0.3 is 0 Å². The van der Waals surface area contributed by atoms with Crippen LogP contribution in [0.2, 0.25) is 0 Å². The maximum Gasteiger partial charge on any atom is 0.260 e. The lowest BCUT2D eigenvalue weighted by Crippen LogP contribution is -2.33. The standard InChI is InChI=1S/C19H11FO2/c20-19(14-10-9-12-5-1-2-6-13(12)11-14)17(21)15-7-3-4-8-16(15)18(19)22/h1-11H. The first-order chi connectivity index (χ1) is 10.6. The zero-order valence-corrected chi connectivity index (χ0v) is 11.5. The van der Waals surface area contributed by atoms with Gasteiger partial charge in [-0.25, -0.2) is 4.39 Å². The minimum Gasteiger partial charge on any atom is -0.290 e. The minimum absolute atomic E-state index is 0.0948. The summed E-state index contributed by atoms with van der Waals surface area (Å²) in [5.74, 6) is -1.55. The van der Waals surface area contributed by atoms with E-state index >= 15 is 4.39 Å². The first-order valence-electron chi connectivity index (χ1n) is 6.99. The molecule has 0 saturated carbocycles. The van der Waals surface area contributed by atoms with E-state index in [1.54, 1.807) is 24.3 Å². The van der Waals surface area contributed by atoms with Crippen LogP contribution < -0.4 is 0 Å². The van der Waals surface area contributed by atoms with Crippen LogP contribution in [-0.4, -0.2) is 11.6 Å². The second kappa shape index (κ2) is 4.34. The summed E-state index contributed by atoms with van der Waals surface area (Å²) >= 11 is 0. The summed E-state index contributed by atoms with van der Waals surface area (Å²) in [7, 11) is 0. The molecule has 3 heteroatoms. The summed E-state index contributed by atoms with van der Waals surface area (Å²) in [6.45, 7) is 0. The molecule has 0 heterocycles. The molecule has 0 aliphatic heterocycles. The maximum absolute atomic E-state index is 15.5. The van der Waals surface area contributed by atoms with Crippen molar-refractivity contribution in [1.29, 1.82) is 0 Å². The van der Waals surface area contributed by atoms with E-state index in [1.807, 2.05) is 24.3 Å². The first-order valence-corrected chi connectivity index (χ1v) is 6.99. The second-order valence-electron chi connectivity index (χ2n) is 5.42. The van der Waals surface area contributed by atoms with E-state index in [-0.39, 0.29) is 16.7 Å². The quantitative estimate of drug-likeness (QED) is 0.633. The molecule has 2 nitrogen and oxygen atoms in total. The summed E-state index contributed by atoms with van der Waals surface area (Å²) in [5.41, 5.74) is -2.21. The highest BCUT2D eigenvalue weighted by Crippen LogP contribution is 2.41. The number of carbonyl (C=O) groups is 2. The number of hydrogen-bond acceptors (Lipinski definition) is 2. The first kappa shape index (κ1) is 12.9. The van der Waals surface area contributed by atoms with Crippen molar-refractivity contribution in [3.05, 3.63) is 83.4 Å². The Balaban J connectivity index is 1.94. The number of carbonyl (C=O) groups excluding carboxylic acids is 2. The molecule has 0 spiro atoms. The molecule has 0 aromatic heterocycles. The number of benzene rings is 3. The molecule has 3 aromatic rings. The van der Waals surface area contributed by atoms with E-state index in [1.165, 1.54) is 18.2 Å². The highest BCUT2D eigenvalue weighted by atomic mass is 19.1. The molecular formula is C19H11FO2.